The topological polar surface area (TPSA) is 77.7 Å². The van der Waals surface area contributed by atoms with E-state index in [1.165, 1.54) is 12.1 Å². The van der Waals surface area contributed by atoms with Gasteiger partial charge in [0.05, 0.1) is 10.6 Å². The average Bonchev–Trinajstić information content (AvgIpc) is 2.83. The van der Waals surface area contributed by atoms with E-state index in [9.17, 15) is 8.42 Å². The standard InChI is InChI=1S/C15H15ClN4O2S/c1-4-23(21,22)11-5-6-12(16)19-13(11)15-18-10-7-9(2)8-17-14(10)20(15)3/h5-8H,4H2,1-3H3. The van der Waals surface area contributed by atoms with Gasteiger partial charge < -0.3 is 4.57 Å². The maximum atomic E-state index is 12.4. The van der Waals surface area contributed by atoms with E-state index in [-0.39, 0.29) is 21.5 Å². The van der Waals surface area contributed by atoms with Crippen molar-refractivity contribution in [3.63, 3.8) is 0 Å². The molecule has 6 nitrogen and oxygen atoms in total. The first kappa shape index (κ1) is 15.9. The van der Waals surface area contributed by atoms with E-state index in [0.29, 0.717) is 17.0 Å². The van der Waals surface area contributed by atoms with E-state index in [2.05, 4.69) is 15.0 Å². The molecule has 0 aliphatic rings. The third-order valence-corrected chi connectivity index (χ3v) is 5.57. The molecule has 0 aromatic carbocycles. The number of halogens is 1. The van der Waals surface area contributed by atoms with Gasteiger partial charge in [-0.25, -0.2) is 23.4 Å². The van der Waals surface area contributed by atoms with Crippen LogP contribution < -0.4 is 0 Å². The molecule has 3 rings (SSSR count). The number of fused-ring (bicyclic) bond motifs is 1. The van der Waals surface area contributed by atoms with E-state index in [0.717, 1.165) is 5.56 Å². The van der Waals surface area contributed by atoms with E-state index >= 15 is 0 Å². The van der Waals surface area contributed by atoms with E-state index in [1.54, 1.807) is 24.7 Å². The van der Waals surface area contributed by atoms with Crippen molar-refractivity contribution in [2.24, 2.45) is 7.05 Å². The quantitative estimate of drug-likeness (QED) is 0.679. The lowest BCUT2D eigenvalue weighted by atomic mass is 10.3. The molecular formula is C15H15ClN4O2S. The summed E-state index contributed by atoms with van der Waals surface area (Å²) < 4.78 is 26.4. The van der Waals surface area contributed by atoms with Crippen molar-refractivity contribution in [2.75, 3.05) is 5.75 Å². The number of nitrogens with zero attached hydrogens (tertiary/aromatic N) is 4. The molecule has 0 saturated carbocycles. The highest BCUT2D eigenvalue weighted by molar-refractivity contribution is 7.91. The van der Waals surface area contributed by atoms with Crippen molar-refractivity contribution < 1.29 is 8.42 Å². The Morgan fingerprint density at radius 3 is 2.70 bits per heavy atom. The van der Waals surface area contributed by atoms with E-state index in [4.69, 9.17) is 11.6 Å². The van der Waals surface area contributed by atoms with Crippen LogP contribution in [0.15, 0.2) is 29.3 Å². The average molecular weight is 351 g/mol. The molecule has 23 heavy (non-hydrogen) atoms. The summed E-state index contributed by atoms with van der Waals surface area (Å²) in [6.07, 6.45) is 1.74. The minimum absolute atomic E-state index is 0.0232. The summed E-state index contributed by atoms with van der Waals surface area (Å²) >= 11 is 5.98. The second-order valence-electron chi connectivity index (χ2n) is 5.23. The molecule has 0 aliphatic carbocycles. The number of sulfone groups is 1. The first-order valence-electron chi connectivity index (χ1n) is 7.02. The lowest BCUT2D eigenvalue weighted by molar-refractivity contribution is 0.597. The van der Waals surface area contributed by atoms with Crippen molar-refractivity contribution in [3.05, 3.63) is 35.1 Å². The SMILES string of the molecule is CCS(=O)(=O)c1ccc(Cl)nc1-c1nc2cc(C)cnc2n1C. The van der Waals surface area contributed by atoms with Crippen molar-refractivity contribution in [2.45, 2.75) is 18.7 Å². The van der Waals surface area contributed by atoms with Gasteiger partial charge in [-0.1, -0.05) is 18.5 Å². The second-order valence-corrected chi connectivity index (χ2v) is 7.87. The Morgan fingerprint density at radius 1 is 1.26 bits per heavy atom. The normalized spacial score (nSPS) is 12.0. The van der Waals surface area contributed by atoms with Crippen LogP contribution in [-0.4, -0.2) is 33.7 Å². The molecule has 3 heterocycles. The van der Waals surface area contributed by atoms with Crippen LogP contribution in [0, 0.1) is 6.92 Å². The smallest absolute Gasteiger partial charge is 0.180 e. The molecule has 0 spiro atoms. The predicted molar refractivity (Wildman–Crippen MR) is 89.2 cm³/mol. The maximum absolute atomic E-state index is 12.4. The molecule has 0 N–H and O–H groups in total. The maximum Gasteiger partial charge on any atom is 0.180 e. The van der Waals surface area contributed by atoms with Crippen LogP contribution in [0.4, 0.5) is 0 Å². The van der Waals surface area contributed by atoms with Crippen molar-refractivity contribution in [1.29, 1.82) is 0 Å². The van der Waals surface area contributed by atoms with E-state index < -0.39 is 9.84 Å². The minimum atomic E-state index is -3.45. The zero-order chi connectivity index (χ0) is 16.8. The molecule has 8 heteroatoms. The molecule has 3 aromatic rings. The van der Waals surface area contributed by atoms with Crippen LogP contribution in [0.3, 0.4) is 0 Å². The van der Waals surface area contributed by atoms with Gasteiger partial charge in [-0.3, -0.25) is 0 Å². The van der Waals surface area contributed by atoms with Gasteiger partial charge in [-0.05, 0) is 30.7 Å². The Balaban J connectivity index is 2.35. The Bertz CT molecular complexity index is 1010. The zero-order valence-electron chi connectivity index (χ0n) is 12.9. The molecule has 120 valence electrons. The third-order valence-electron chi connectivity index (χ3n) is 3.60. The highest BCUT2D eigenvalue weighted by Crippen LogP contribution is 2.29. The van der Waals surface area contributed by atoms with Crippen LogP contribution >= 0.6 is 11.6 Å². The van der Waals surface area contributed by atoms with Crippen LogP contribution in [0.2, 0.25) is 5.15 Å². The van der Waals surface area contributed by atoms with Crippen molar-refractivity contribution in [3.8, 4) is 11.5 Å². The van der Waals surface area contributed by atoms with Crippen LogP contribution in [0.5, 0.6) is 0 Å². The van der Waals surface area contributed by atoms with Crippen LogP contribution in [0.25, 0.3) is 22.7 Å². The van der Waals surface area contributed by atoms with Gasteiger partial charge >= 0.3 is 0 Å². The fraction of sp³-hybridized carbons (Fsp3) is 0.267. The minimum Gasteiger partial charge on any atom is -0.310 e. The summed E-state index contributed by atoms with van der Waals surface area (Å²) in [6, 6.07) is 4.84. The number of imidazole rings is 1. The molecule has 0 amide bonds. The Morgan fingerprint density at radius 2 is 2.00 bits per heavy atom. The summed E-state index contributed by atoms with van der Waals surface area (Å²) in [5, 5.41) is 0.214. The Hall–Kier alpha value is -1.99. The van der Waals surface area contributed by atoms with Crippen LogP contribution in [-0.2, 0) is 16.9 Å². The lowest BCUT2D eigenvalue weighted by Gasteiger charge is -2.08. The monoisotopic (exact) mass is 350 g/mol. The first-order chi connectivity index (χ1) is 10.8. The number of hydrogen-bond acceptors (Lipinski definition) is 5. The Kier molecular flexibility index (Phi) is 3.85. The molecule has 0 saturated heterocycles. The lowest BCUT2D eigenvalue weighted by Crippen LogP contribution is -2.08. The highest BCUT2D eigenvalue weighted by atomic mass is 35.5. The van der Waals surface area contributed by atoms with Gasteiger partial charge in [0, 0.05) is 13.2 Å². The number of rotatable bonds is 3. The number of aryl methyl sites for hydroxylation is 2. The third kappa shape index (κ3) is 2.70. The van der Waals surface area contributed by atoms with Crippen LogP contribution in [0.1, 0.15) is 12.5 Å². The number of hydrogen-bond donors (Lipinski definition) is 0. The molecule has 0 unspecified atom stereocenters. The molecule has 0 radical (unpaired) electrons. The second kappa shape index (κ2) is 5.58. The molecule has 0 aliphatic heterocycles. The summed E-state index contributed by atoms with van der Waals surface area (Å²) in [4.78, 5) is 13.2. The van der Waals surface area contributed by atoms with Gasteiger partial charge in [-0.2, -0.15) is 0 Å². The number of pyridine rings is 2. The van der Waals surface area contributed by atoms with Gasteiger partial charge in [0.2, 0.25) is 0 Å². The highest BCUT2D eigenvalue weighted by Gasteiger charge is 2.23. The first-order valence-corrected chi connectivity index (χ1v) is 9.05. The molecule has 0 fully saturated rings. The largest absolute Gasteiger partial charge is 0.310 e. The Labute approximate surface area is 139 Å². The van der Waals surface area contributed by atoms with E-state index in [1.807, 2.05) is 13.0 Å². The fourth-order valence-corrected chi connectivity index (χ4v) is 3.54. The van der Waals surface area contributed by atoms with Crippen molar-refractivity contribution >= 4 is 32.6 Å². The molecule has 0 bridgehead atoms. The summed E-state index contributed by atoms with van der Waals surface area (Å²) in [7, 11) is -1.68. The van der Waals surface area contributed by atoms with Crippen molar-refractivity contribution in [1.82, 2.24) is 19.5 Å². The summed E-state index contributed by atoms with van der Waals surface area (Å²) in [5.41, 5.74) is 2.57. The molecule has 3 aromatic heterocycles. The fourth-order valence-electron chi connectivity index (χ4n) is 2.38. The van der Waals surface area contributed by atoms with Gasteiger partial charge in [-0.15, -0.1) is 0 Å². The predicted octanol–water partition coefficient (Wildman–Crippen LogP) is 2.79. The molecule has 0 atom stereocenters. The molecular weight excluding hydrogens is 336 g/mol. The van der Waals surface area contributed by atoms with Gasteiger partial charge in [0.1, 0.15) is 16.4 Å². The van der Waals surface area contributed by atoms with Gasteiger partial charge in [0.15, 0.2) is 21.3 Å². The zero-order valence-corrected chi connectivity index (χ0v) is 14.5. The summed E-state index contributed by atoms with van der Waals surface area (Å²) in [6.45, 7) is 3.51. The number of aromatic nitrogens is 4. The summed E-state index contributed by atoms with van der Waals surface area (Å²) in [5.74, 6) is 0.401. The van der Waals surface area contributed by atoms with Gasteiger partial charge in [0.25, 0.3) is 0 Å².